The molecule has 4 aromatic carbocycles. The number of para-hydroxylation sites is 1. The average Bonchev–Trinajstić information content (AvgIpc) is 2.79. The second kappa shape index (κ2) is 8.97. The smallest absolute Gasteiger partial charge is 0.195 e. The van der Waals surface area contributed by atoms with Crippen LogP contribution < -0.4 is 5.32 Å². The zero-order chi connectivity index (χ0) is 20.8. The molecule has 0 amide bonds. The van der Waals surface area contributed by atoms with Crippen molar-refractivity contribution in [3.8, 4) is 0 Å². The first-order chi connectivity index (χ1) is 14.7. The number of rotatable bonds is 6. The van der Waals surface area contributed by atoms with E-state index in [0.29, 0.717) is 22.5 Å². The molecule has 4 rings (SSSR count). The number of anilines is 2. The van der Waals surface area contributed by atoms with E-state index < -0.39 is 0 Å². The van der Waals surface area contributed by atoms with E-state index in [1.807, 2.05) is 97.9 Å². The third-order valence-electron chi connectivity index (χ3n) is 4.74. The van der Waals surface area contributed by atoms with E-state index >= 15 is 0 Å². The molecule has 0 aromatic heterocycles. The fourth-order valence-corrected chi connectivity index (χ4v) is 3.14. The van der Waals surface area contributed by atoms with Crippen molar-refractivity contribution in [2.24, 2.45) is 10.2 Å². The van der Waals surface area contributed by atoms with E-state index in [1.165, 1.54) is 0 Å². The van der Waals surface area contributed by atoms with Crippen molar-refractivity contribution in [3.05, 3.63) is 120 Å². The third-order valence-corrected chi connectivity index (χ3v) is 4.74. The number of benzene rings is 4. The van der Waals surface area contributed by atoms with Crippen LogP contribution in [-0.4, -0.2) is 5.78 Å². The Bertz CT molecular complexity index is 1180. The molecule has 0 unspecified atom stereocenters. The molecule has 0 aliphatic rings. The lowest BCUT2D eigenvalue weighted by molar-refractivity contribution is 0.103. The van der Waals surface area contributed by atoms with Gasteiger partial charge in [-0.2, -0.15) is 5.11 Å². The first-order valence-corrected chi connectivity index (χ1v) is 9.74. The highest BCUT2D eigenvalue weighted by molar-refractivity contribution is 6.12. The molecule has 0 saturated carbocycles. The molecule has 4 heteroatoms. The average molecular weight is 391 g/mol. The zero-order valence-corrected chi connectivity index (χ0v) is 16.6. The van der Waals surface area contributed by atoms with Gasteiger partial charge < -0.3 is 5.32 Å². The summed E-state index contributed by atoms with van der Waals surface area (Å²) in [6.07, 6.45) is 0. The number of aryl methyl sites for hydroxylation is 1. The highest BCUT2D eigenvalue weighted by Crippen LogP contribution is 2.26. The molecule has 0 saturated heterocycles. The predicted octanol–water partition coefficient (Wildman–Crippen LogP) is 7.39. The van der Waals surface area contributed by atoms with E-state index in [-0.39, 0.29) is 5.78 Å². The molecule has 1 N–H and O–H groups in total. The molecular formula is C26H21N3O. The largest absolute Gasteiger partial charge is 0.356 e. The van der Waals surface area contributed by atoms with Gasteiger partial charge in [0, 0.05) is 16.9 Å². The number of hydrogen-bond acceptors (Lipinski definition) is 4. The normalized spacial score (nSPS) is 10.8. The zero-order valence-electron chi connectivity index (χ0n) is 16.6. The molecule has 0 spiro atoms. The number of carbonyl (C=O) groups is 1. The Kier molecular flexibility index (Phi) is 5.76. The SMILES string of the molecule is Cc1ccccc1C(=O)c1ccccc1N=Nc1ccc(Nc2ccccc2)cc1. The Morgan fingerprint density at radius 3 is 1.97 bits per heavy atom. The minimum absolute atomic E-state index is 0.0509. The maximum absolute atomic E-state index is 13.0. The van der Waals surface area contributed by atoms with Gasteiger partial charge in [-0.15, -0.1) is 5.11 Å². The van der Waals surface area contributed by atoms with Crippen molar-refractivity contribution in [1.82, 2.24) is 0 Å². The molecule has 0 heterocycles. The Hall–Kier alpha value is -4.05. The van der Waals surface area contributed by atoms with Crippen LogP contribution in [0.4, 0.5) is 22.7 Å². The first kappa shape index (κ1) is 19.3. The minimum atomic E-state index is -0.0509. The standard InChI is InChI=1S/C26H21N3O/c1-19-9-5-6-12-23(19)26(30)24-13-7-8-14-25(24)29-28-22-17-15-21(16-18-22)27-20-10-3-2-4-11-20/h2-18,27H,1H3. The van der Waals surface area contributed by atoms with E-state index in [1.54, 1.807) is 12.1 Å². The van der Waals surface area contributed by atoms with Crippen molar-refractivity contribution < 1.29 is 4.79 Å². The van der Waals surface area contributed by atoms with Crippen molar-refractivity contribution >= 4 is 28.5 Å². The van der Waals surface area contributed by atoms with Crippen LogP contribution in [0.15, 0.2) is 113 Å². The number of ketones is 1. The van der Waals surface area contributed by atoms with Gasteiger partial charge in [0.1, 0.15) is 0 Å². The van der Waals surface area contributed by atoms with Crippen LogP contribution in [0.25, 0.3) is 0 Å². The molecule has 4 nitrogen and oxygen atoms in total. The molecule has 0 aliphatic carbocycles. The number of carbonyl (C=O) groups excluding carboxylic acids is 1. The molecule has 0 aliphatic heterocycles. The second-order valence-corrected chi connectivity index (χ2v) is 6.90. The minimum Gasteiger partial charge on any atom is -0.356 e. The van der Waals surface area contributed by atoms with Crippen LogP contribution >= 0.6 is 0 Å². The second-order valence-electron chi connectivity index (χ2n) is 6.90. The van der Waals surface area contributed by atoms with Gasteiger partial charge in [-0.05, 0) is 61.0 Å². The van der Waals surface area contributed by atoms with Crippen molar-refractivity contribution in [3.63, 3.8) is 0 Å². The quantitative estimate of drug-likeness (QED) is 0.275. The van der Waals surface area contributed by atoms with Gasteiger partial charge in [-0.1, -0.05) is 54.6 Å². The van der Waals surface area contributed by atoms with Crippen LogP contribution in [0.5, 0.6) is 0 Å². The first-order valence-electron chi connectivity index (χ1n) is 9.74. The molecule has 0 fully saturated rings. The fraction of sp³-hybridized carbons (Fsp3) is 0.0385. The Morgan fingerprint density at radius 2 is 1.23 bits per heavy atom. The third kappa shape index (κ3) is 4.50. The monoisotopic (exact) mass is 391 g/mol. The topological polar surface area (TPSA) is 53.8 Å². The number of nitrogens with one attached hydrogen (secondary N) is 1. The van der Waals surface area contributed by atoms with Gasteiger partial charge in [0.15, 0.2) is 5.78 Å². The predicted molar refractivity (Wildman–Crippen MR) is 121 cm³/mol. The molecule has 0 bridgehead atoms. The van der Waals surface area contributed by atoms with Crippen molar-refractivity contribution in [1.29, 1.82) is 0 Å². The van der Waals surface area contributed by atoms with Gasteiger partial charge in [0.05, 0.1) is 16.9 Å². The van der Waals surface area contributed by atoms with Gasteiger partial charge in [-0.3, -0.25) is 4.79 Å². The molecular weight excluding hydrogens is 370 g/mol. The summed E-state index contributed by atoms with van der Waals surface area (Å²) in [5.41, 5.74) is 5.42. The molecule has 0 radical (unpaired) electrons. The summed E-state index contributed by atoms with van der Waals surface area (Å²) in [6.45, 7) is 1.93. The number of azo groups is 1. The highest BCUT2D eigenvalue weighted by Gasteiger charge is 2.14. The summed E-state index contributed by atoms with van der Waals surface area (Å²) in [6, 6.07) is 32.5. The highest BCUT2D eigenvalue weighted by atomic mass is 16.1. The van der Waals surface area contributed by atoms with Crippen LogP contribution in [0, 0.1) is 6.92 Å². The maximum Gasteiger partial charge on any atom is 0.195 e. The molecule has 4 aromatic rings. The van der Waals surface area contributed by atoms with E-state index in [4.69, 9.17) is 0 Å². The van der Waals surface area contributed by atoms with Gasteiger partial charge in [0.2, 0.25) is 0 Å². The molecule has 146 valence electrons. The lowest BCUT2D eigenvalue weighted by Crippen LogP contribution is -2.03. The molecule has 30 heavy (non-hydrogen) atoms. The fourth-order valence-electron chi connectivity index (χ4n) is 3.14. The van der Waals surface area contributed by atoms with Crippen LogP contribution in [0.1, 0.15) is 21.5 Å². The molecule has 0 atom stereocenters. The Morgan fingerprint density at radius 1 is 0.633 bits per heavy atom. The summed E-state index contributed by atoms with van der Waals surface area (Å²) >= 11 is 0. The summed E-state index contributed by atoms with van der Waals surface area (Å²) in [4.78, 5) is 13.0. The summed E-state index contributed by atoms with van der Waals surface area (Å²) < 4.78 is 0. The van der Waals surface area contributed by atoms with Gasteiger partial charge in [-0.25, -0.2) is 0 Å². The Labute approximate surface area is 175 Å². The van der Waals surface area contributed by atoms with Gasteiger partial charge >= 0.3 is 0 Å². The van der Waals surface area contributed by atoms with E-state index in [0.717, 1.165) is 16.9 Å². The van der Waals surface area contributed by atoms with Gasteiger partial charge in [0.25, 0.3) is 0 Å². The lowest BCUT2D eigenvalue weighted by atomic mass is 9.98. The van der Waals surface area contributed by atoms with E-state index in [9.17, 15) is 4.79 Å². The van der Waals surface area contributed by atoms with Crippen LogP contribution in [0.2, 0.25) is 0 Å². The number of hydrogen-bond donors (Lipinski definition) is 1. The lowest BCUT2D eigenvalue weighted by Gasteiger charge is -2.07. The summed E-state index contributed by atoms with van der Waals surface area (Å²) in [5.74, 6) is -0.0509. The summed E-state index contributed by atoms with van der Waals surface area (Å²) in [5, 5.41) is 12.0. The van der Waals surface area contributed by atoms with Crippen LogP contribution in [0.3, 0.4) is 0 Å². The maximum atomic E-state index is 13.0. The van der Waals surface area contributed by atoms with E-state index in [2.05, 4.69) is 15.5 Å². The van der Waals surface area contributed by atoms with Crippen LogP contribution in [-0.2, 0) is 0 Å². The van der Waals surface area contributed by atoms with Crippen molar-refractivity contribution in [2.75, 3.05) is 5.32 Å². The van der Waals surface area contributed by atoms with Crippen molar-refractivity contribution in [2.45, 2.75) is 6.92 Å². The number of nitrogens with zero attached hydrogens (tertiary/aromatic N) is 2. The summed E-state index contributed by atoms with van der Waals surface area (Å²) in [7, 11) is 0. The Balaban J connectivity index is 1.53.